The van der Waals surface area contributed by atoms with E-state index < -0.39 is 55.9 Å². The molecule has 234 valence electrons. The normalized spacial score (nSPS) is 22.1. The molecule has 1 saturated heterocycles. The number of ether oxygens (including phenoxy) is 4. The number of anilines is 1. The molecule has 5 N–H and O–H groups in total. The van der Waals surface area contributed by atoms with E-state index in [1.807, 2.05) is 13.8 Å². The molecule has 1 aliphatic rings. The predicted molar refractivity (Wildman–Crippen MR) is 154 cm³/mol. The van der Waals surface area contributed by atoms with E-state index in [1.54, 1.807) is 0 Å². The molecule has 42 heavy (non-hydrogen) atoms. The number of hydrogen-bond donors (Lipinski definition) is 4. The number of esters is 2. The van der Waals surface area contributed by atoms with Crippen molar-refractivity contribution < 1.29 is 38.2 Å². The maximum atomic E-state index is 14.2. The fraction of sp³-hybridized carbons (Fsp3) is 0.654. The Morgan fingerprint density at radius 2 is 1.79 bits per heavy atom. The van der Waals surface area contributed by atoms with Crippen molar-refractivity contribution in [3.63, 3.8) is 0 Å². The zero-order valence-corrected chi connectivity index (χ0v) is 25.4. The second-order valence-corrected chi connectivity index (χ2v) is 12.4. The van der Waals surface area contributed by atoms with Gasteiger partial charge in [0.1, 0.15) is 36.4 Å². The number of imidazole rings is 1. The van der Waals surface area contributed by atoms with Gasteiger partial charge in [0.2, 0.25) is 7.44 Å². The number of nitrogens with zero attached hydrogens (tertiary/aromatic N) is 4. The number of carbonyl (C=O) groups is 2. The first-order chi connectivity index (χ1) is 20.0. The van der Waals surface area contributed by atoms with Gasteiger partial charge in [-0.05, 0) is 32.8 Å². The summed E-state index contributed by atoms with van der Waals surface area (Å²) in [5.74, 6) is -2.64. The zero-order chi connectivity index (χ0) is 30.9. The molecule has 3 rings (SSSR count). The van der Waals surface area contributed by atoms with Crippen LogP contribution in [-0.2, 0) is 33.1 Å². The number of carbonyl (C=O) groups excluding carboxylic acids is 2. The Morgan fingerprint density at radius 1 is 1.19 bits per heavy atom. The molecule has 0 bridgehead atoms. The van der Waals surface area contributed by atoms with Crippen molar-refractivity contribution in [3.05, 3.63) is 25.3 Å². The van der Waals surface area contributed by atoms with Gasteiger partial charge < -0.3 is 29.8 Å². The van der Waals surface area contributed by atoms with Gasteiger partial charge >= 0.3 is 11.9 Å². The van der Waals surface area contributed by atoms with Gasteiger partial charge in [-0.15, -0.1) is 0 Å². The van der Waals surface area contributed by atoms with Crippen molar-refractivity contribution >= 4 is 36.4 Å². The third kappa shape index (κ3) is 8.33. The molecule has 16 heteroatoms. The van der Waals surface area contributed by atoms with Crippen molar-refractivity contribution in [1.29, 1.82) is 0 Å². The largest absolute Gasteiger partial charge is 0.465 e. The Kier molecular flexibility index (Phi) is 12.0. The van der Waals surface area contributed by atoms with Crippen molar-refractivity contribution in [2.24, 2.45) is 0 Å². The predicted octanol–water partition coefficient (Wildman–Crippen LogP) is 2.38. The van der Waals surface area contributed by atoms with Gasteiger partial charge in [0.15, 0.2) is 23.5 Å². The fourth-order valence-electron chi connectivity index (χ4n) is 4.23. The highest BCUT2D eigenvalue weighted by Crippen LogP contribution is 2.45. The molecular weight excluding hydrogens is 569 g/mol. The van der Waals surface area contributed by atoms with Crippen LogP contribution in [0.2, 0.25) is 0 Å². The molecule has 3 unspecified atom stereocenters. The maximum absolute atomic E-state index is 14.2. The molecule has 2 aromatic rings. The Morgan fingerprint density at radius 3 is 2.33 bits per heavy atom. The molecule has 0 aromatic carbocycles. The van der Waals surface area contributed by atoms with Crippen LogP contribution in [0.3, 0.4) is 0 Å². The first kappa shape index (κ1) is 33.6. The molecule has 0 saturated carbocycles. The number of unbranched alkanes of at least 4 members (excludes halogenated alkanes) is 2. The van der Waals surface area contributed by atoms with Crippen LogP contribution in [0.5, 0.6) is 0 Å². The van der Waals surface area contributed by atoms with E-state index in [4.69, 9.17) is 24.7 Å². The Bertz CT molecular complexity index is 1240. The third-order valence-corrected chi connectivity index (χ3v) is 8.70. The van der Waals surface area contributed by atoms with Crippen LogP contribution in [0, 0.1) is 0 Å². The van der Waals surface area contributed by atoms with Crippen LogP contribution in [0.25, 0.3) is 11.2 Å². The number of nitrogens with one attached hydrogen (secondary N) is 2. The summed E-state index contributed by atoms with van der Waals surface area (Å²) in [6.07, 6.45) is 4.35. The molecule has 0 amide bonds. The molecule has 3 heterocycles. The minimum Gasteiger partial charge on any atom is -0.465 e. The number of aromatic nitrogens is 4. The van der Waals surface area contributed by atoms with Crippen molar-refractivity contribution in [3.8, 4) is 0 Å². The van der Waals surface area contributed by atoms with Gasteiger partial charge in [-0.2, -0.15) is 0 Å². The smallest absolute Gasteiger partial charge is 0.323 e. The van der Waals surface area contributed by atoms with E-state index in [0.29, 0.717) is 24.0 Å². The highest BCUT2D eigenvalue weighted by molar-refractivity contribution is 7.59. The molecule has 0 aliphatic carbocycles. The summed E-state index contributed by atoms with van der Waals surface area (Å²) in [4.78, 5) is 37.4. The van der Waals surface area contributed by atoms with E-state index in [2.05, 4.69) is 31.7 Å². The van der Waals surface area contributed by atoms with Crippen molar-refractivity contribution in [2.45, 2.75) is 90.0 Å². The highest BCUT2D eigenvalue weighted by atomic mass is 31.2. The number of hydrogen-bond acceptors (Lipinski definition) is 12. The summed E-state index contributed by atoms with van der Waals surface area (Å²) < 4.78 is 38.3. The van der Waals surface area contributed by atoms with Crippen LogP contribution in [0.15, 0.2) is 25.3 Å². The number of rotatable bonds is 17. The van der Waals surface area contributed by atoms with Gasteiger partial charge in [-0.3, -0.25) is 18.7 Å². The van der Waals surface area contributed by atoms with E-state index in [-0.39, 0.29) is 25.5 Å². The first-order valence-corrected chi connectivity index (χ1v) is 15.9. The van der Waals surface area contributed by atoms with E-state index in [0.717, 1.165) is 12.8 Å². The second kappa shape index (κ2) is 15.0. The van der Waals surface area contributed by atoms with Gasteiger partial charge in [-0.25, -0.2) is 25.1 Å². The summed E-state index contributed by atoms with van der Waals surface area (Å²) in [7, 11) is -3.86. The number of nitrogen functional groups attached to an aromatic ring is 1. The molecule has 1 fully saturated rings. The summed E-state index contributed by atoms with van der Waals surface area (Å²) in [6, 6.07) is -2.01. The van der Waals surface area contributed by atoms with Crippen molar-refractivity contribution in [1.82, 2.24) is 29.7 Å². The second-order valence-electron chi connectivity index (χ2n) is 10.1. The van der Waals surface area contributed by atoms with Gasteiger partial charge in [0.25, 0.3) is 0 Å². The van der Waals surface area contributed by atoms with E-state index in [1.165, 1.54) is 37.1 Å². The number of aliphatic hydroxyl groups is 1. The first-order valence-electron chi connectivity index (χ1n) is 14.0. The summed E-state index contributed by atoms with van der Waals surface area (Å²) >= 11 is 0. The summed E-state index contributed by atoms with van der Waals surface area (Å²) in [5.41, 5.74) is 6.56. The Balaban J connectivity index is 1.78. The quantitative estimate of drug-likeness (QED) is 0.0878. The van der Waals surface area contributed by atoms with Crippen LogP contribution >= 0.6 is 7.44 Å². The van der Waals surface area contributed by atoms with Crippen molar-refractivity contribution in [2.75, 3.05) is 25.3 Å². The monoisotopic (exact) mass is 611 g/mol. The average Bonchev–Trinajstić information content (AvgIpc) is 3.54. The van der Waals surface area contributed by atoms with Crippen LogP contribution in [0.4, 0.5) is 5.82 Å². The highest BCUT2D eigenvalue weighted by Gasteiger charge is 2.48. The third-order valence-electron chi connectivity index (χ3n) is 6.60. The van der Waals surface area contributed by atoms with Crippen LogP contribution in [0.1, 0.15) is 66.0 Å². The topological polar surface area (TPSA) is 202 Å². The molecule has 1 aliphatic heterocycles. The minimum absolute atomic E-state index is 0.0787. The van der Waals surface area contributed by atoms with E-state index in [9.17, 15) is 19.3 Å². The lowest BCUT2D eigenvalue weighted by atomic mass is 10.1. The lowest BCUT2D eigenvalue weighted by Crippen LogP contribution is -2.44. The number of aliphatic hydroxyl groups excluding tert-OH is 1. The lowest BCUT2D eigenvalue weighted by molar-refractivity contribution is -0.199. The summed E-state index contributed by atoms with van der Waals surface area (Å²) in [6.45, 7) is 11.2. The summed E-state index contributed by atoms with van der Waals surface area (Å²) in [5, 5.41) is 16.4. The lowest BCUT2D eigenvalue weighted by Gasteiger charge is -2.31. The molecule has 0 spiro atoms. The van der Waals surface area contributed by atoms with Gasteiger partial charge in [0, 0.05) is 6.42 Å². The fourth-order valence-corrected chi connectivity index (χ4v) is 6.32. The van der Waals surface area contributed by atoms with Gasteiger partial charge in [-0.1, -0.05) is 33.3 Å². The minimum atomic E-state index is -3.86. The number of nitrogens with two attached hydrogens (primary N) is 1. The maximum Gasteiger partial charge on any atom is 0.323 e. The Hall–Kier alpha value is -2.94. The number of fused-ring (bicyclic) bond motifs is 1. The molecule has 5 atom stereocenters. The standard InChI is InChI=1S/C26H42N7O8P/c1-6-9-11-38-24(35)17(4)31-42(37,32-18(5)25(36)39-12-10-7-2)16-40-26(8-3)13-19(34)23(41-26)33-15-30-20-21(27)28-14-29-22(20)33/h8,14-15,17-19,23,34H,3,6-7,9-13,16H2,1-2,4-5H3,(H2,27,28,29)(H2,31,32,37)/t17-,18-,19?,23?,26?/m0/s1. The van der Waals surface area contributed by atoms with E-state index >= 15 is 0 Å². The van der Waals surface area contributed by atoms with Crippen LogP contribution in [-0.4, -0.2) is 80.1 Å². The molecule has 15 nitrogen and oxygen atoms in total. The SMILES string of the molecule is C=CC1(OCP(=O)(N[C@@H](C)C(=O)OCCCC)N[C@@H](C)C(=O)OCCCC)CC(O)C(n2cnc3c(N)ncnc32)O1. The molecule has 2 aromatic heterocycles. The zero-order valence-electron chi connectivity index (χ0n) is 24.5. The van der Waals surface area contributed by atoms with Gasteiger partial charge in [0.05, 0.1) is 19.5 Å². The molecular formula is C26H42N7O8P. The average molecular weight is 612 g/mol. The van der Waals surface area contributed by atoms with Crippen LogP contribution < -0.4 is 15.9 Å². The molecule has 0 radical (unpaired) electrons. The Labute approximate surface area is 245 Å².